The van der Waals surface area contributed by atoms with Crippen LogP contribution in [0.1, 0.15) is 64.8 Å². The van der Waals surface area contributed by atoms with Crippen LogP contribution in [0.4, 0.5) is 0 Å². The number of nitrogens with zero attached hydrogens (tertiary/aromatic N) is 4. The van der Waals surface area contributed by atoms with Gasteiger partial charge in [-0.2, -0.15) is 0 Å². The number of allylic oxidation sites excluding steroid dienone is 2. The van der Waals surface area contributed by atoms with Crippen molar-refractivity contribution in [3.63, 3.8) is 0 Å². The molecule has 0 unspecified atom stereocenters. The second-order valence-corrected chi connectivity index (χ2v) is 12.7. The zero-order valence-electron chi connectivity index (χ0n) is 30.0. The quantitative estimate of drug-likeness (QED) is 0.0743. The average molecular weight is 863 g/mol. The van der Waals surface area contributed by atoms with Crippen LogP contribution in [0.15, 0.2) is 109 Å². The van der Waals surface area contributed by atoms with E-state index in [4.69, 9.17) is 25.0 Å². The van der Waals surface area contributed by atoms with Crippen molar-refractivity contribution in [3.8, 4) is 0 Å². The van der Waals surface area contributed by atoms with E-state index in [1.807, 2.05) is 36.7 Å². The van der Waals surface area contributed by atoms with Gasteiger partial charge in [-0.3, -0.25) is 14.8 Å². The number of carbonyl (C=O) groups excluding carboxylic acids is 1. The van der Waals surface area contributed by atoms with E-state index in [0.29, 0.717) is 0 Å². The molecule has 1 radical (unpaired) electrons. The molecule has 0 fully saturated rings. The molecule has 1 N–H and O–H groups in total. The summed E-state index contributed by atoms with van der Waals surface area (Å²) < 4.78 is 0. The second kappa shape index (κ2) is 17.9. The fraction of sp³-hybridized carbons (Fsp3) is 0.222. The maximum absolute atomic E-state index is 10.0. The molecule has 0 atom stereocenters. The molecule has 0 saturated carbocycles. The van der Waals surface area contributed by atoms with Crippen LogP contribution in [0.5, 0.6) is 0 Å². The van der Waals surface area contributed by atoms with Crippen LogP contribution >= 0.6 is 0 Å². The number of unbranched alkanes of at least 4 members (excludes halogenated alkanes) is 2. The molecule has 265 valence electrons. The Morgan fingerprint density at radius 2 is 1.02 bits per heavy atom. The summed E-state index contributed by atoms with van der Waals surface area (Å²) in [5.41, 5.74) is 6.06. The van der Waals surface area contributed by atoms with Crippen LogP contribution in [-0.2, 0) is 37.7 Å². The fourth-order valence-corrected chi connectivity index (χ4v) is 6.41. The van der Waals surface area contributed by atoms with Gasteiger partial charge < -0.3 is 15.1 Å². The van der Waals surface area contributed by atoms with E-state index in [1.165, 1.54) is 65.1 Å². The zero-order chi connectivity index (χ0) is 35.7. The van der Waals surface area contributed by atoms with Crippen molar-refractivity contribution in [1.82, 2.24) is 19.9 Å². The monoisotopic (exact) mass is 863 g/mol. The predicted octanol–water partition coefficient (Wildman–Crippen LogP) is 11.2. The Morgan fingerprint density at radius 1 is 0.615 bits per heavy atom. The number of ketones is 1. The molecule has 8 aromatic rings. The fourth-order valence-electron chi connectivity index (χ4n) is 6.41. The van der Waals surface area contributed by atoms with Crippen LogP contribution in [0, 0.1) is 12.1 Å². The molecule has 0 aliphatic heterocycles. The molecule has 6 nitrogen and oxygen atoms in total. The number of aromatic nitrogens is 4. The molecule has 0 saturated heterocycles. The Hall–Kier alpha value is -5.10. The molecule has 0 aliphatic rings. The molecular formula is C45H42IrN4O2-2. The van der Waals surface area contributed by atoms with Gasteiger partial charge >= 0.3 is 0 Å². The first-order chi connectivity index (χ1) is 24.9. The molecule has 8 rings (SSSR count). The van der Waals surface area contributed by atoms with E-state index >= 15 is 0 Å². The molecule has 7 heteroatoms. The summed E-state index contributed by atoms with van der Waals surface area (Å²) in [6.07, 6.45) is 11.6. The molecule has 6 aromatic carbocycles. The summed E-state index contributed by atoms with van der Waals surface area (Å²) in [7, 11) is 0. The number of fused-ring (bicyclic) bond motifs is 12. The Kier molecular flexibility index (Phi) is 13.1. The van der Waals surface area contributed by atoms with Crippen LogP contribution in [0.25, 0.3) is 65.2 Å². The van der Waals surface area contributed by atoms with Gasteiger partial charge in [0.15, 0.2) is 5.78 Å². The SMILES string of the molecule is CC(=O)C=C(C)O.CCCCc1cnc2c3[c-]cccc3c3ccccc3c2n1.CCCCc1cnc2c3[c-]cccc3c3ccccc3c2n1.[Ir]. The van der Waals surface area contributed by atoms with Crippen LogP contribution in [0.2, 0.25) is 0 Å². The summed E-state index contributed by atoms with van der Waals surface area (Å²) >= 11 is 0. The van der Waals surface area contributed by atoms with Gasteiger partial charge in [-0.05, 0) is 50.3 Å². The van der Waals surface area contributed by atoms with Crippen molar-refractivity contribution in [3.05, 3.63) is 133 Å². The number of benzene rings is 6. The van der Waals surface area contributed by atoms with Crippen molar-refractivity contribution < 1.29 is 30.0 Å². The second-order valence-electron chi connectivity index (χ2n) is 12.7. The Morgan fingerprint density at radius 3 is 1.38 bits per heavy atom. The van der Waals surface area contributed by atoms with Crippen molar-refractivity contribution >= 4 is 70.9 Å². The molecule has 0 amide bonds. The van der Waals surface area contributed by atoms with Gasteiger partial charge in [0.2, 0.25) is 0 Å². The number of hydrogen-bond acceptors (Lipinski definition) is 6. The topological polar surface area (TPSA) is 88.9 Å². The summed E-state index contributed by atoms with van der Waals surface area (Å²) in [5, 5.41) is 17.7. The average Bonchev–Trinajstić information content (AvgIpc) is 3.16. The molecule has 52 heavy (non-hydrogen) atoms. The van der Waals surface area contributed by atoms with Gasteiger partial charge in [0.05, 0.1) is 28.2 Å². The minimum atomic E-state index is -0.125. The smallest absolute Gasteiger partial charge is 0.155 e. The van der Waals surface area contributed by atoms with Crippen molar-refractivity contribution in [1.29, 1.82) is 0 Å². The van der Waals surface area contributed by atoms with Crippen molar-refractivity contribution in [2.24, 2.45) is 0 Å². The van der Waals surface area contributed by atoms with Crippen molar-refractivity contribution in [2.75, 3.05) is 0 Å². The largest absolute Gasteiger partial charge is 0.512 e. The van der Waals surface area contributed by atoms with Gasteiger partial charge in [0, 0.05) is 49.6 Å². The minimum absolute atomic E-state index is 0. The third-order valence-electron chi connectivity index (χ3n) is 8.76. The van der Waals surface area contributed by atoms with E-state index in [1.54, 1.807) is 0 Å². The maximum Gasteiger partial charge on any atom is 0.155 e. The number of aliphatic hydroxyl groups excluding tert-OH is 1. The number of carbonyl (C=O) groups is 1. The van der Waals surface area contributed by atoms with E-state index in [9.17, 15) is 4.79 Å². The molecule has 0 bridgehead atoms. The normalized spacial score (nSPS) is 11.3. The summed E-state index contributed by atoms with van der Waals surface area (Å²) in [6, 6.07) is 35.8. The third-order valence-corrected chi connectivity index (χ3v) is 8.76. The molecular weight excluding hydrogens is 821 g/mol. The van der Waals surface area contributed by atoms with E-state index in [0.717, 1.165) is 69.9 Å². The summed E-state index contributed by atoms with van der Waals surface area (Å²) in [5.74, 6) is -0.0625. The Labute approximate surface area is 318 Å². The predicted molar refractivity (Wildman–Crippen MR) is 211 cm³/mol. The number of hydrogen-bond donors (Lipinski definition) is 1. The Balaban J connectivity index is 0.000000168. The van der Waals surface area contributed by atoms with Gasteiger partial charge in [0.25, 0.3) is 0 Å². The van der Waals surface area contributed by atoms with E-state index in [2.05, 4.69) is 86.6 Å². The third kappa shape index (κ3) is 8.50. The Bertz CT molecular complexity index is 2290. The standard InChI is InChI=1S/2C20H17N2.C5H8O2.Ir/c2*1-2-3-8-14-13-21-19-17-11-6-4-9-15(17)16-10-5-7-12-18(16)20(19)22-14;1-4(6)3-5(2)7;/h2*4-7,9-10,12-13H,2-3,8H2,1H3;3,6H,1-2H3;/q2*-1;;. The van der Waals surface area contributed by atoms with Gasteiger partial charge in [0.1, 0.15) is 0 Å². The zero-order valence-corrected chi connectivity index (χ0v) is 32.4. The van der Waals surface area contributed by atoms with E-state index < -0.39 is 0 Å². The first-order valence-electron chi connectivity index (χ1n) is 17.7. The molecule has 2 aromatic heterocycles. The molecule has 2 heterocycles. The number of aliphatic hydroxyl groups is 1. The van der Waals surface area contributed by atoms with Gasteiger partial charge in [-0.1, -0.05) is 96.8 Å². The number of rotatable bonds is 7. The molecule has 0 aliphatic carbocycles. The molecule has 0 spiro atoms. The van der Waals surface area contributed by atoms with Crippen LogP contribution < -0.4 is 0 Å². The first-order valence-corrected chi connectivity index (χ1v) is 17.7. The number of aryl methyl sites for hydroxylation is 2. The van der Waals surface area contributed by atoms with Crippen LogP contribution in [0.3, 0.4) is 0 Å². The van der Waals surface area contributed by atoms with Gasteiger partial charge in [-0.25, -0.2) is 0 Å². The van der Waals surface area contributed by atoms with Crippen molar-refractivity contribution in [2.45, 2.75) is 66.2 Å². The maximum atomic E-state index is 10.0. The summed E-state index contributed by atoms with van der Waals surface area (Å²) in [6.45, 7) is 7.25. The minimum Gasteiger partial charge on any atom is -0.512 e. The van der Waals surface area contributed by atoms with Gasteiger partial charge in [-0.15, -0.1) is 59.3 Å². The van der Waals surface area contributed by atoms with E-state index in [-0.39, 0.29) is 31.6 Å². The van der Waals surface area contributed by atoms with Crippen LogP contribution in [-0.4, -0.2) is 30.8 Å². The summed E-state index contributed by atoms with van der Waals surface area (Å²) in [4.78, 5) is 29.3. The first kappa shape index (κ1) is 38.1.